The van der Waals surface area contributed by atoms with E-state index in [1.807, 2.05) is 42.5 Å². The number of carboxylic acids is 1. The summed E-state index contributed by atoms with van der Waals surface area (Å²) in [6.45, 7) is 0.690. The van der Waals surface area contributed by atoms with Crippen LogP contribution in [0.15, 0.2) is 116 Å². The molecule has 6 amide bonds. The molecule has 0 radical (unpaired) electrons. The first-order valence-electron chi connectivity index (χ1n) is 23.0. The lowest BCUT2D eigenvalue weighted by Gasteiger charge is -2.29. The number of carboxylic acid groups (broad SMARTS) is 1. The van der Waals surface area contributed by atoms with Crippen molar-refractivity contribution in [3.63, 3.8) is 0 Å². The standard InChI is InChI=1S/C51H57N9O10/c1-29(45(63)56-40(23-31-17-19-34(62)20-18-31)46(64)58-42(51(69)70)25-33-27-54-39-15-8-6-13-36(33)39)55-48(66)43(28-61)59-47(65)41(22-30-10-3-2-4-11-30)57-49(67)44-16-9-21-60(44)50(68)37(52)24-32-26-53-38-14-7-5-12-35(32)38/h2-8,10-15,17-20,26-27,29,37,40-44,53-54,61-62H,9,16,21-25,28,52H2,1H3,(H,55,66)(H,56,63)(H,57,67)(H,58,64)(H,59,65)(H,69,70)/t29-,37-,40-,41-,42-,43-,44-/m0/s1. The molecule has 2 aromatic heterocycles. The van der Waals surface area contributed by atoms with Crippen LogP contribution >= 0.6 is 0 Å². The number of aromatic amines is 2. The Hall–Kier alpha value is -8.03. The third-order valence-corrected chi connectivity index (χ3v) is 12.5. The summed E-state index contributed by atoms with van der Waals surface area (Å²) in [5.74, 6) is -5.87. The Labute approximate surface area is 402 Å². The Morgan fingerprint density at radius 1 is 0.629 bits per heavy atom. The number of aromatic hydroxyl groups is 1. The van der Waals surface area contributed by atoms with Gasteiger partial charge in [-0.15, -0.1) is 0 Å². The minimum absolute atomic E-state index is 0.0211. The van der Waals surface area contributed by atoms with Gasteiger partial charge in [0.15, 0.2) is 0 Å². The van der Waals surface area contributed by atoms with Crippen LogP contribution in [-0.4, -0.2) is 127 Å². The first kappa shape index (κ1) is 49.9. The monoisotopic (exact) mass is 955 g/mol. The molecule has 0 bridgehead atoms. The van der Waals surface area contributed by atoms with Crippen LogP contribution in [-0.2, 0) is 59.2 Å². The lowest BCUT2D eigenvalue weighted by atomic mass is 10.0. The number of benzene rings is 4. The maximum atomic E-state index is 14.0. The van der Waals surface area contributed by atoms with Crippen molar-refractivity contribution < 1.29 is 48.9 Å². The summed E-state index contributed by atoms with van der Waals surface area (Å²) in [4.78, 5) is 103. The number of aliphatic carboxylic acids is 1. The molecule has 7 atom stereocenters. The number of likely N-dealkylation sites (tertiary alicyclic amines) is 1. The highest BCUT2D eigenvalue weighted by Crippen LogP contribution is 2.23. The minimum Gasteiger partial charge on any atom is -0.508 e. The average Bonchev–Trinajstić information content (AvgIpc) is 4.12. The van der Waals surface area contributed by atoms with E-state index in [1.165, 1.54) is 36.1 Å². The van der Waals surface area contributed by atoms with Crippen molar-refractivity contribution in [2.24, 2.45) is 5.73 Å². The topological polar surface area (TPSA) is 301 Å². The molecule has 366 valence electrons. The number of nitrogens with zero attached hydrogens (tertiary/aromatic N) is 1. The van der Waals surface area contributed by atoms with E-state index in [0.717, 1.165) is 27.4 Å². The number of carbonyl (C=O) groups excluding carboxylic acids is 6. The summed E-state index contributed by atoms with van der Waals surface area (Å²) in [5.41, 5.74) is 10.8. The van der Waals surface area contributed by atoms with Crippen LogP contribution in [0.25, 0.3) is 21.8 Å². The summed E-state index contributed by atoms with van der Waals surface area (Å²) in [5, 5.41) is 44.9. The molecule has 4 aromatic carbocycles. The second-order valence-electron chi connectivity index (χ2n) is 17.5. The maximum Gasteiger partial charge on any atom is 0.326 e. The second-order valence-corrected chi connectivity index (χ2v) is 17.5. The SMILES string of the molecule is C[C@H](NC(=O)[C@H](CO)NC(=O)[C@H](Cc1ccccc1)NC(=O)[C@@H]1CCCN1C(=O)[C@@H](N)Cc1c[nH]c2ccccc12)C(=O)N[C@@H](Cc1ccc(O)cc1)C(=O)N[C@@H](Cc1c[nH]c2ccccc12)C(=O)O. The fourth-order valence-electron chi connectivity index (χ4n) is 8.68. The lowest BCUT2D eigenvalue weighted by Crippen LogP contribution is -2.60. The van der Waals surface area contributed by atoms with Crippen molar-refractivity contribution >= 4 is 63.2 Å². The highest BCUT2D eigenvalue weighted by atomic mass is 16.4. The van der Waals surface area contributed by atoms with E-state index in [1.54, 1.807) is 48.8 Å². The molecule has 1 fully saturated rings. The highest BCUT2D eigenvalue weighted by molar-refractivity contribution is 5.97. The molecular weight excluding hydrogens is 899 g/mol. The zero-order chi connectivity index (χ0) is 49.9. The highest BCUT2D eigenvalue weighted by Gasteiger charge is 2.39. The van der Waals surface area contributed by atoms with Gasteiger partial charge in [-0.05, 0) is 72.7 Å². The molecule has 12 N–H and O–H groups in total. The summed E-state index contributed by atoms with van der Waals surface area (Å²) in [6.07, 6.45) is 4.30. The van der Waals surface area contributed by atoms with Crippen LogP contribution < -0.4 is 32.3 Å². The zero-order valence-electron chi connectivity index (χ0n) is 38.4. The van der Waals surface area contributed by atoms with Crippen LogP contribution in [0.5, 0.6) is 5.75 Å². The summed E-state index contributed by atoms with van der Waals surface area (Å²) < 4.78 is 0. The van der Waals surface area contributed by atoms with Crippen LogP contribution in [0.2, 0.25) is 0 Å². The minimum atomic E-state index is -1.61. The Morgan fingerprint density at radius 3 is 1.74 bits per heavy atom. The predicted octanol–water partition coefficient (Wildman–Crippen LogP) is 1.46. The van der Waals surface area contributed by atoms with Crippen molar-refractivity contribution in [1.29, 1.82) is 0 Å². The largest absolute Gasteiger partial charge is 0.508 e. The summed E-state index contributed by atoms with van der Waals surface area (Å²) in [7, 11) is 0. The molecule has 7 rings (SSSR count). The van der Waals surface area contributed by atoms with E-state index in [9.17, 15) is 48.9 Å². The number of fused-ring (bicyclic) bond motifs is 2. The van der Waals surface area contributed by atoms with Crippen molar-refractivity contribution in [2.75, 3.05) is 13.2 Å². The quantitative estimate of drug-likeness (QED) is 0.0491. The van der Waals surface area contributed by atoms with E-state index < -0.39 is 90.3 Å². The number of aromatic nitrogens is 2. The molecule has 19 heteroatoms. The first-order chi connectivity index (χ1) is 33.7. The normalized spacial score (nSPS) is 16.0. The number of amides is 6. The molecule has 3 heterocycles. The van der Waals surface area contributed by atoms with E-state index in [-0.39, 0.29) is 38.0 Å². The molecule has 0 aliphatic carbocycles. The van der Waals surface area contributed by atoms with Crippen LogP contribution in [0.4, 0.5) is 0 Å². The number of rotatable bonds is 21. The number of nitrogens with one attached hydrogen (secondary N) is 7. The van der Waals surface area contributed by atoms with Gasteiger partial charge in [0.05, 0.1) is 12.6 Å². The summed E-state index contributed by atoms with van der Waals surface area (Å²) >= 11 is 0. The Bertz CT molecular complexity index is 2830. The predicted molar refractivity (Wildman–Crippen MR) is 259 cm³/mol. The lowest BCUT2D eigenvalue weighted by molar-refractivity contribution is -0.142. The molecule has 1 saturated heterocycles. The number of aliphatic hydroxyl groups is 1. The smallest absolute Gasteiger partial charge is 0.326 e. The molecule has 1 aliphatic rings. The van der Waals surface area contributed by atoms with Crippen molar-refractivity contribution in [3.8, 4) is 5.75 Å². The van der Waals surface area contributed by atoms with Gasteiger partial charge in [-0.1, -0.05) is 78.9 Å². The van der Waals surface area contributed by atoms with E-state index in [2.05, 4.69) is 36.6 Å². The number of carbonyl (C=O) groups is 7. The number of phenolic OH excluding ortho intramolecular Hbond substituents is 1. The second kappa shape index (κ2) is 22.8. The van der Waals surface area contributed by atoms with E-state index >= 15 is 0 Å². The number of phenols is 1. The Morgan fingerprint density at radius 2 is 1.14 bits per heavy atom. The van der Waals surface area contributed by atoms with Gasteiger partial charge in [-0.2, -0.15) is 0 Å². The average molecular weight is 956 g/mol. The molecule has 0 saturated carbocycles. The van der Waals surface area contributed by atoms with E-state index in [4.69, 9.17) is 5.73 Å². The van der Waals surface area contributed by atoms with Gasteiger partial charge >= 0.3 is 5.97 Å². The Balaban J connectivity index is 0.994. The van der Waals surface area contributed by atoms with E-state index in [0.29, 0.717) is 29.5 Å². The first-order valence-corrected chi connectivity index (χ1v) is 23.0. The number of hydrogen-bond donors (Lipinski definition) is 11. The van der Waals surface area contributed by atoms with Crippen LogP contribution in [0.3, 0.4) is 0 Å². The van der Waals surface area contributed by atoms with Gasteiger partial charge in [0.25, 0.3) is 0 Å². The molecular formula is C51H57N9O10. The number of aliphatic hydroxyl groups excluding tert-OH is 1. The molecule has 0 spiro atoms. The van der Waals surface area contributed by atoms with Gasteiger partial charge in [-0.3, -0.25) is 28.8 Å². The van der Waals surface area contributed by atoms with Gasteiger partial charge in [0.1, 0.15) is 42.0 Å². The number of H-pyrrole nitrogens is 2. The number of para-hydroxylation sites is 2. The van der Waals surface area contributed by atoms with Crippen molar-refractivity contribution in [1.82, 2.24) is 41.5 Å². The molecule has 6 aromatic rings. The zero-order valence-corrected chi connectivity index (χ0v) is 38.4. The van der Waals surface area contributed by atoms with Crippen LogP contribution in [0, 0.1) is 0 Å². The fourth-order valence-corrected chi connectivity index (χ4v) is 8.68. The molecule has 1 aliphatic heterocycles. The maximum absolute atomic E-state index is 14.0. The third-order valence-electron chi connectivity index (χ3n) is 12.5. The molecule has 19 nitrogen and oxygen atoms in total. The van der Waals surface area contributed by atoms with Gasteiger partial charge in [0, 0.05) is 60.0 Å². The number of hydrogen-bond acceptors (Lipinski definition) is 10. The van der Waals surface area contributed by atoms with Gasteiger partial charge < -0.3 is 62.5 Å². The molecule has 0 unspecified atom stereocenters. The summed E-state index contributed by atoms with van der Waals surface area (Å²) in [6, 6.07) is 20.7. The van der Waals surface area contributed by atoms with Crippen LogP contribution in [0.1, 0.15) is 42.0 Å². The fraction of sp³-hybridized carbons (Fsp3) is 0.314. The Kier molecular flexibility index (Phi) is 16.3. The third kappa shape index (κ3) is 12.3. The van der Waals surface area contributed by atoms with Gasteiger partial charge in [-0.25, -0.2) is 4.79 Å². The van der Waals surface area contributed by atoms with Gasteiger partial charge in [0.2, 0.25) is 35.4 Å². The van der Waals surface area contributed by atoms with Crippen molar-refractivity contribution in [2.45, 2.75) is 87.7 Å². The number of nitrogens with two attached hydrogens (primary N) is 1. The molecule has 70 heavy (non-hydrogen) atoms. The van der Waals surface area contributed by atoms with Crippen molar-refractivity contribution in [3.05, 3.63) is 138 Å².